The number of carbonyl (C=O) groups is 1. The van der Waals surface area contributed by atoms with Gasteiger partial charge >= 0.3 is 0 Å². The van der Waals surface area contributed by atoms with Crippen LogP contribution >= 0.6 is 0 Å². The van der Waals surface area contributed by atoms with Crippen LogP contribution in [0.15, 0.2) is 59.1 Å². The number of para-hydroxylation sites is 1. The van der Waals surface area contributed by atoms with Crippen molar-refractivity contribution in [1.29, 1.82) is 0 Å². The van der Waals surface area contributed by atoms with Gasteiger partial charge in [0.25, 0.3) is 5.91 Å². The molecule has 0 fully saturated rings. The van der Waals surface area contributed by atoms with Crippen LogP contribution in [-0.4, -0.2) is 34.1 Å². The number of hydrogen-bond acceptors (Lipinski definition) is 5. The van der Waals surface area contributed by atoms with Gasteiger partial charge in [0.1, 0.15) is 5.75 Å². The van der Waals surface area contributed by atoms with Gasteiger partial charge in [-0.25, -0.2) is 0 Å². The topological polar surface area (TPSA) is 68.5 Å². The number of likely N-dealkylation sites (N-methyl/N-ethyl adjacent to an activating group) is 1. The van der Waals surface area contributed by atoms with Crippen molar-refractivity contribution in [2.75, 3.05) is 7.05 Å². The molecule has 0 saturated carbocycles. The molecule has 0 bridgehead atoms. The molecule has 3 rings (SSSR count). The number of aryl methyl sites for hydroxylation is 1. The van der Waals surface area contributed by atoms with Crippen LogP contribution in [0.4, 0.5) is 0 Å². The number of carbonyl (C=O) groups excluding carboxylic acids is 1. The fraction of sp³-hybridized carbons (Fsp3) is 0.250. The molecule has 1 aromatic heterocycles. The molecule has 0 N–H and O–H groups in total. The molecule has 1 heterocycles. The van der Waals surface area contributed by atoms with Crippen LogP contribution in [0.25, 0.3) is 11.4 Å². The van der Waals surface area contributed by atoms with Crippen LogP contribution in [0.3, 0.4) is 0 Å². The van der Waals surface area contributed by atoms with Crippen LogP contribution in [0, 0.1) is 6.92 Å². The van der Waals surface area contributed by atoms with E-state index in [-0.39, 0.29) is 12.5 Å². The third-order valence-corrected chi connectivity index (χ3v) is 3.90. The highest BCUT2D eigenvalue weighted by molar-refractivity contribution is 5.80. The molecule has 0 aliphatic rings. The molecule has 6 heteroatoms. The largest absolute Gasteiger partial charge is 0.481 e. The summed E-state index contributed by atoms with van der Waals surface area (Å²) < 4.78 is 10.9. The molecular formula is C20H21N3O3. The maximum atomic E-state index is 12.5. The third kappa shape index (κ3) is 4.27. The van der Waals surface area contributed by atoms with Crippen LogP contribution in [0.5, 0.6) is 5.75 Å². The van der Waals surface area contributed by atoms with Gasteiger partial charge in [-0.1, -0.05) is 47.1 Å². The average Bonchev–Trinajstić information content (AvgIpc) is 3.10. The van der Waals surface area contributed by atoms with Crippen LogP contribution < -0.4 is 4.74 Å². The summed E-state index contributed by atoms with van der Waals surface area (Å²) in [5.74, 6) is 1.38. The summed E-state index contributed by atoms with van der Waals surface area (Å²) >= 11 is 0. The minimum Gasteiger partial charge on any atom is -0.481 e. The number of amides is 1. The summed E-state index contributed by atoms with van der Waals surface area (Å²) in [7, 11) is 1.68. The van der Waals surface area contributed by atoms with Crippen molar-refractivity contribution < 1.29 is 14.1 Å². The molecule has 0 aliphatic heterocycles. The van der Waals surface area contributed by atoms with Crippen molar-refractivity contribution in [3.63, 3.8) is 0 Å². The standard InChI is InChI=1S/C20H21N3O3/c1-14-8-7-9-16(12-14)19-21-18(26-22-19)13-23(3)20(24)15(2)25-17-10-5-4-6-11-17/h4-12,15H,13H2,1-3H3/t15-/m0/s1. The zero-order chi connectivity index (χ0) is 18.5. The molecule has 1 atom stereocenters. The van der Waals surface area contributed by atoms with E-state index < -0.39 is 6.10 Å². The highest BCUT2D eigenvalue weighted by Gasteiger charge is 2.21. The van der Waals surface area contributed by atoms with Crippen molar-refractivity contribution in [1.82, 2.24) is 15.0 Å². The highest BCUT2D eigenvalue weighted by atomic mass is 16.5. The first-order chi connectivity index (χ1) is 12.5. The van der Waals surface area contributed by atoms with Crippen molar-refractivity contribution in [3.05, 3.63) is 66.1 Å². The third-order valence-electron chi connectivity index (χ3n) is 3.90. The van der Waals surface area contributed by atoms with Gasteiger partial charge in [0.2, 0.25) is 11.7 Å². The summed E-state index contributed by atoms with van der Waals surface area (Å²) in [5, 5.41) is 4.00. The minimum atomic E-state index is -0.610. The molecule has 6 nitrogen and oxygen atoms in total. The van der Waals surface area contributed by atoms with Crippen LogP contribution in [-0.2, 0) is 11.3 Å². The second-order valence-electron chi connectivity index (χ2n) is 6.15. The van der Waals surface area contributed by atoms with Gasteiger partial charge in [-0.15, -0.1) is 0 Å². The van der Waals surface area contributed by atoms with Crippen molar-refractivity contribution >= 4 is 5.91 Å². The Morgan fingerprint density at radius 3 is 2.69 bits per heavy atom. The highest BCUT2D eigenvalue weighted by Crippen LogP contribution is 2.18. The summed E-state index contributed by atoms with van der Waals surface area (Å²) in [4.78, 5) is 18.4. The molecule has 0 unspecified atom stereocenters. The molecule has 0 saturated heterocycles. The van der Waals surface area contributed by atoms with Crippen molar-refractivity contribution in [2.45, 2.75) is 26.5 Å². The Bertz CT molecular complexity index is 877. The Hall–Kier alpha value is -3.15. The second-order valence-corrected chi connectivity index (χ2v) is 6.15. The van der Waals surface area contributed by atoms with Gasteiger partial charge in [-0.2, -0.15) is 4.98 Å². The van der Waals surface area contributed by atoms with Gasteiger partial charge < -0.3 is 14.2 Å². The quantitative estimate of drug-likeness (QED) is 0.680. The lowest BCUT2D eigenvalue weighted by molar-refractivity contribution is -0.137. The lowest BCUT2D eigenvalue weighted by Gasteiger charge is -2.20. The van der Waals surface area contributed by atoms with E-state index in [0.717, 1.165) is 11.1 Å². The monoisotopic (exact) mass is 351 g/mol. The number of hydrogen-bond donors (Lipinski definition) is 0. The lowest BCUT2D eigenvalue weighted by Crippen LogP contribution is -2.37. The zero-order valence-corrected chi connectivity index (χ0v) is 15.0. The Balaban J connectivity index is 1.62. The predicted molar refractivity (Wildman–Crippen MR) is 97.5 cm³/mol. The van der Waals surface area contributed by atoms with Gasteiger partial charge in [0, 0.05) is 12.6 Å². The van der Waals surface area contributed by atoms with E-state index in [1.807, 2.05) is 61.5 Å². The first kappa shape index (κ1) is 17.7. The Labute approximate surface area is 152 Å². The summed E-state index contributed by atoms with van der Waals surface area (Å²) in [6, 6.07) is 17.1. The molecule has 2 aromatic carbocycles. The van der Waals surface area contributed by atoms with Crippen LogP contribution in [0.1, 0.15) is 18.4 Å². The fourth-order valence-electron chi connectivity index (χ4n) is 2.57. The number of ether oxygens (including phenoxy) is 1. The Morgan fingerprint density at radius 2 is 1.96 bits per heavy atom. The number of aromatic nitrogens is 2. The number of nitrogens with zero attached hydrogens (tertiary/aromatic N) is 3. The van der Waals surface area contributed by atoms with Gasteiger partial charge in [0.05, 0.1) is 6.54 Å². The molecule has 0 spiro atoms. The van der Waals surface area contributed by atoms with Gasteiger partial charge in [-0.05, 0) is 32.0 Å². The number of benzene rings is 2. The van der Waals surface area contributed by atoms with Crippen molar-refractivity contribution in [3.8, 4) is 17.1 Å². The molecular weight excluding hydrogens is 330 g/mol. The first-order valence-electron chi connectivity index (χ1n) is 8.39. The molecule has 26 heavy (non-hydrogen) atoms. The summed E-state index contributed by atoms with van der Waals surface area (Å²) in [6.07, 6.45) is -0.610. The normalized spacial score (nSPS) is 11.8. The van der Waals surface area contributed by atoms with E-state index in [0.29, 0.717) is 17.5 Å². The minimum absolute atomic E-state index is 0.163. The molecule has 0 aliphatic carbocycles. The van der Waals surface area contributed by atoms with Gasteiger partial charge in [-0.3, -0.25) is 4.79 Å². The predicted octanol–water partition coefficient (Wildman–Crippen LogP) is 3.47. The number of rotatable bonds is 6. The van der Waals surface area contributed by atoms with Crippen molar-refractivity contribution in [2.24, 2.45) is 0 Å². The molecule has 3 aromatic rings. The summed E-state index contributed by atoms with van der Waals surface area (Å²) in [6.45, 7) is 3.95. The first-order valence-corrected chi connectivity index (χ1v) is 8.39. The SMILES string of the molecule is Cc1cccc(-c2noc(CN(C)C(=O)[C@H](C)Oc3ccccc3)n2)c1. The summed E-state index contributed by atoms with van der Waals surface area (Å²) in [5.41, 5.74) is 2.00. The average molecular weight is 351 g/mol. The molecule has 0 radical (unpaired) electrons. The van der Waals surface area contributed by atoms with E-state index in [1.54, 1.807) is 14.0 Å². The molecule has 1 amide bonds. The lowest BCUT2D eigenvalue weighted by atomic mass is 10.1. The second kappa shape index (κ2) is 7.82. The molecule has 134 valence electrons. The fourth-order valence-corrected chi connectivity index (χ4v) is 2.57. The van der Waals surface area contributed by atoms with Crippen LogP contribution in [0.2, 0.25) is 0 Å². The van der Waals surface area contributed by atoms with E-state index >= 15 is 0 Å². The Kier molecular flexibility index (Phi) is 5.31. The Morgan fingerprint density at radius 1 is 1.19 bits per heavy atom. The maximum absolute atomic E-state index is 12.5. The van der Waals surface area contributed by atoms with E-state index in [9.17, 15) is 4.79 Å². The zero-order valence-electron chi connectivity index (χ0n) is 15.0. The van der Waals surface area contributed by atoms with Gasteiger partial charge in [0.15, 0.2) is 6.10 Å². The van der Waals surface area contributed by atoms with E-state index in [4.69, 9.17) is 9.26 Å². The van der Waals surface area contributed by atoms with E-state index in [2.05, 4.69) is 10.1 Å². The van der Waals surface area contributed by atoms with E-state index in [1.165, 1.54) is 4.90 Å². The smallest absolute Gasteiger partial charge is 0.263 e. The maximum Gasteiger partial charge on any atom is 0.263 e.